The van der Waals surface area contributed by atoms with Crippen LogP contribution in [0.4, 0.5) is 0 Å². The summed E-state index contributed by atoms with van der Waals surface area (Å²) in [4.78, 5) is 36.0. The molecule has 0 aliphatic carbocycles. The van der Waals surface area contributed by atoms with Crippen LogP contribution in [0.1, 0.15) is 107 Å². The molecule has 178 valence electrons. The molecule has 0 aromatic carbocycles. The zero-order valence-electron chi connectivity index (χ0n) is 21.7. The second kappa shape index (κ2) is 17.5. The number of guanidine groups is 1. The zero-order valence-corrected chi connectivity index (χ0v) is 18.7. The van der Waals surface area contributed by atoms with Crippen LogP contribution >= 0.6 is 0 Å². The summed E-state index contributed by atoms with van der Waals surface area (Å²) < 4.78 is 32.9. The zero-order chi connectivity index (χ0) is 25.2. The van der Waals surface area contributed by atoms with E-state index < -0.39 is 31.0 Å². The number of nitrogens with one attached hydrogen (secondary N) is 2. The van der Waals surface area contributed by atoms with Gasteiger partial charge >= 0.3 is 5.97 Å². The summed E-state index contributed by atoms with van der Waals surface area (Å²) in [6.07, 6.45) is 14.0. The van der Waals surface area contributed by atoms with Crippen LogP contribution in [0.3, 0.4) is 0 Å². The summed E-state index contributed by atoms with van der Waals surface area (Å²) >= 11 is 0. The highest BCUT2D eigenvalue weighted by Crippen LogP contribution is 2.14. The van der Waals surface area contributed by atoms with E-state index in [1.165, 1.54) is 44.9 Å². The molecule has 8 nitrogen and oxygen atoms in total. The molecule has 0 saturated carbocycles. The van der Waals surface area contributed by atoms with Crippen LogP contribution in [0, 0.1) is 5.41 Å². The molecule has 1 atom stereocenters. The van der Waals surface area contributed by atoms with E-state index in [1.54, 1.807) is 0 Å². The van der Waals surface area contributed by atoms with Crippen LogP contribution in [-0.2, 0) is 23.9 Å². The first kappa shape index (κ1) is 22.1. The van der Waals surface area contributed by atoms with Gasteiger partial charge in [0.05, 0.1) is 6.61 Å². The molecule has 2 N–H and O–H groups in total. The average molecular weight is 443 g/mol. The molecule has 0 bridgehead atoms. The summed E-state index contributed by atoms with van der Waals surface area (Å²) in [6, 6.07) is 0. The highest BCUT2D eigenvalue weighted by Gasteiger charge is 2.29. The van der Waals surface area contributed by atoms with Crippen LogP contribution in [0.2, 0.25) is 0 Å². The van der Waals surface area contributed by atoms with E-state index in [2.05, 4.69) is 10.1 Å². The van der Waals surface area contributed by atoms with E-state index in [1.807, 2.05) is 0 Å². The molecule has 1 heterocycles. The van der Waals surface area contributed by atoms with Gasteiger partial charge in [0.15, 0.2) is 0 Å². The Morgan fingerprint density at radius 3 is 1.90 bits per heavy atom. The molecule has 0 aromatic rings. The predicted molar refractivity (Wildman–Crippen MR) is 119 cm³/mol. The van der Waals surface area contributed by atoms with Crippen molar-refractivity contribution in [3.63, 3.8) is 0 Å². The Labute approximate surface area is 191 Å². The highest BCUT2D eigenvalue weighted by atomic mass is 16.6. The Hall–Kier alpha value is -2.12. The van der Waals surface area contributed by atoms with Gasteiger partial charge in [0.2, 0.25) is 11.9 Å². The Balaban J connectivity index is 2.77. The lowest BCUT2D eigenvalue weighted by molar-refractivity contribution is -0.169. The van der Waals surface area contributed by atoms with Gasteiger partial charge in [-0.25, -0.2) is 4.79 Å². The van der Waals surface area contributed by atoms with E-state index in [0.29, 0.717) is 12.8 Å². The van der Waals surface area contributed by atoms with Gasteiger partial charge in [0.1, 0.15) is 0 Å². The number of hydrogen-bond donors (Lipinski definition) is 2. The Bertz CT molecular complexity index is 631. The number of carbonyl (C=O) groups is 3. The van der Waals surface area contributed by atoms with Crippen molar-refractivity contribution in [1.29, 1.82) is 5.41 Å². The third kappa shape index (κ3) is 13.0. The molecule has 31 heavy (non-hydrogen) atoms. The third-order valence-electron chi connectivity index (χ3n) is 5.41. The first-order valence-electron chi connectivity index (χ1n) is 13.2. The minimum absolute atomic E-state index is 0.0477. The van der Waals surface area contributed by atoms with E-state index >= 15 is 0 Å². The van der Waals surface area contributed by atoms with Gasteiger partial charge in [0, 0.05) is 17.5 Å². The molecule has 1 fully saturated rings. The second-order valence-electron chi connectivity index (χ2n) is 8.07. The van der Waals surface area contributed by atoms with Crippen molar-refractivity contribution in [1.82, 2.24) is 10.2 Å². The highest BCUT2D eigenvalue weighted by molar-refractivity contribution is 5.96. The van der Waals surface area contributed by atoms with Gasteiger partial charge in [-0.1, -0.05) is 83.5 Å². The van der Waals surface area contributed by atoms with E-state index in [0.717, 1.165) is 38.5 Å². The monoisotopic (exact) mass is 442 g/mol. The Morgan fingerprint density at radius 2 is 1.42 bits per heavy atom. The number of cyclic esters (lactones) is 1. The molecule has 0 spiro atoms. The maximum absolute atomic E-state index is 12.5. The van der Waals surface area contributed by atoms with Crippen molar-refractivity contribution in [3.8, 4) is 0 Å². The minimum atomic E-state index is -3.03. The molecule has 0 aromatic heterocycles. The van der Waals surface area contributed by atoms with Crippen molar-refractivity contribution < 1.29 is 28.0 Å². The number of amides is 1. The van der Waals surface area contributed by atoms with Gasteiger partial charge in [-0.3, -0.25) is 20.3 Å². The van der Waals surface area contributed by atoms with Gasteiger partial charge in [-0.05, 0) is 12.8 Å². The Morgan fingerprint density at radius 1 is 0.935 bits per heavy atom. The van der Waals surface area contributed by atoms with Gasteiger partial charge < -0.3 is 14.4 Å². The molecule has 8 heteroatoms. The van der Waals surface area contributed by atoms with Crippen LogP contribution in [-0.4, -0.2) is 49.0 Å². The lowest BCUT2D eigenvalue weighted by Gasteiger charge is -2.26. The lowest BCUT2D eigenvalue weighted by Crippen LogP contribution is -2.50. The molecule has 1 aliphatic rings. The maximum atomic E-state index is 12.5. The second-order valence-corrected chi connectivity index (χ2v) is 8.07. The summed E-state index contributed by atoms with van der Waals surface area (Å²) in [6.45, 7) is -3.05. The normalized spacial score (nSPS) is 25.0. The van der Waals surface area contributed by atoms with E-state index in [-0.39, 0.29) is 24.4 Å². The minimum Gasteiger partial charge on any atom is -0.461 e. The Kier molecular flexibility index (Phi) is 12.5. The molecule has 1 rings (SSSR count). The fourth-order valence-electron chi connectivity index (χ4n) is 3.58. The third-order valence-corrected chi connectivity index (χ3v) is 5.41. The predicted octanol–water partition coefficient (Wildman–Crippen LogP) is 4.27. The summed E-state index contributed by atoms with van der Waals surface area (Å²) in [5.41, 5.74) is 0. The largest absolute Gasteiger partial charge is 0.461 e. The van der Waals surface area contributed by atoms with Crippen LogP contribution < -0.4 is 5.32 Å². The maximum Gasteiger partial charge on any atom is 0.369 e. The molecular formula is C23H41N3O5. The lowest BCUT2D eigenvalue weighted by atomic mass is 10.0. The van der Waals surface area contributed by atoms with Crippen molar-refractivity contribution >= 4 is 24.3 Å². The number of rotatable bonds is 2. The van der Waals surface area contributed by atoms with Gasteiger partial charge in [-0.15, -0.1) is 0 Å². The van der Waals surface area contributed by atoms with Crippen molar-refractivity contribution in [3.05, 3.63) is 0 Å². The van der Waals surface area contributed by atoms with Gasteiger partial charge in [-0.2, -0.15) is 0 Å². The quantitative estimate of drug-likeness (QED) is 0.488. The summed E-state index contributed by atoms with van der Waals surface area (Å²) in [5, 5.41) is 10.3. The SMILES string of the molecule is [2H]C([2H])([2H])N1C(=N)NC(=O)CCCCCCCCCCCCCCCCCOC(=O)C1OC=O. The number of carbonyl (C=O) groups excluding carboxylic acids is 3. The molecule has 1 saturated heterocycles. The fourth-order valence-corrected chi connectivity index (χ4v) is 3.58. The number of nitrogens with zero attached hydrogens (tertiary/aromatic N) is 1. The standard InChI is InChI=1S/C23H41N3O5/c1-26-21(31-19-27)22(29)30-18-16-14-12-10-8-6-4-2-3-5-7-9-11-13-15-17-20(28)25-23(26)24/h19,21H,2-18H2,1H3,(H2,24,25,28)/i1D3. The number of hydrogen-bond acceptors (Lipinski definition) is 6. The number of esters is 1. The smallest absolute Gasteiger partial charge is 0.369 e. The average Bonchev–Trinajstić information content (AvgIpc) is 2.76. The van der Waals surface area contributed by atoms with Crippen LogP contribution in [0.25, 0.3) is 0 Å². The first-order valence-corrected chi connectivity index (χ1v) is 11.7. The van der Waals surface area contributed by atoms with E-state index in [9.17, 15) is 14.4 Å². The van der Waals surface area contributed by atoms with Crippen LogP contribution in [0.5, 0.6) is 0 Å². The molecule has 1 unspecified atom stereocenters. The number of ether oxygens (including phenoxy) is 2. The molecule has 0 radical (unpaired) electrons. The number of likely N-dealkylation sites (N-methyl/N-ethyl adjacent to an activating group) is 1. The molecule has 1 amide bonds. The molecule has 1 aliphatic heterocycles. The van der Waals surface area contributed by atoms with Crippen molar-refractivity contribution in [2.45, 2.75) is 109 Å². The van der Waals surface area contributed by atoms with E-state index in [4.69, 9.17) is 14.3 Å². The van der Waals surface area contributed by atoms with Crippen LogP contribution in [0.15, 0.2) is 0 Å². The first-order chi connectivity index (χ1) is 16.3. The fraction of sp³-hybridized carbons (Fsp3) is 0.826. The summed E-state index contributed by atoms with van der Waals surface area (Å²) in [7, 11) is 0. The molecular weight excluding hydrogens is 398 g/mol. The van der Waals surface area contributed by atoms with Crippen molar-refractivity contribution in [2.75, 3.05) is 13.6 Å². The topological polar surface area (TPSA) is 109 Å². The van der Waals surface area contributed by atoms with Crippen molar-refractivity contribution in [2.24, 2.45) is 0 Å². The van der Waals surface area contributed by atoms with Gasteiger partial charge in [0.25, 0.3) is 12.7 Å². The summed E-state index contributed by atoms with van der Waals surface area (Å²) in [5.74, 6) is -2.48.